The fraction of sp³-hybridized carbons (Fsp3) is 0.278. The van der Waals surface area contributed by atoms with Crippen LogP contribution in [0.25, 0.3) is 0 Å². The maximum absolute atomic E-state index is 12.2. The van der Waals surface area contributed by atoms with Gasteiger partial charge in [0.1, 0.15) is 11.4 Å². The van der Waals surface area contributed by atoms with Gasteiger partial charge in [0.25, 0.3) is 11.8 Å². The van der Waals surface area contributed by atoms with Crippen molar-refractivity contribution < 1.29 is 9.59 Å². The number of amides is 2. The second kappa shape index (κ2) is 7.54. The number of nitrogens with zero attached hydrogens (tertiary/aromatic N) is 1. The summed E-state index contributed by atoms with van der Waals surface area (Å²) in [5.41, 5.74) is 2.63. The zero-order chi connectivity index (χ0) is 16.8. The highest BCUT2D eigenvalue weighted by Crippen LogP contribution is 2.05. The minimum Gasteiger partial charge on any atom is -0.349 e. The number of nitrogens with one attached hydrogen (secondary N) is 2. The maximum atomic E-state index is 12.2. The molecule has 0 unspecified atom stereocenters. The smallest absolute Gasteiger partial charge is 0.270 e. The summed E-state index contributed by atoms with van der Waals surface area (Å²) in [7, 11) is 0. The molecule has 23 heavy (non-hydrogen) atoms. The van der Waals surface area contributed by atoms with Gasteiger partial charge in [-0.2, -0.15) is 0 Å². The third-order valence-corrected chi connectivity index (χ3v) is 3.17. The standard InChI is InChI=1S/C18H21N3O2/c1-12(2)20-18(23)16-9-5-8-15(21-16)17(22)19-11-14-7-4-6-13(3)10-14/h4-10,12H,11H2,1-3H3,(H,19,22)(H,20,23). The number of aromatic nitrogens is 1. The Kier molecular flexibility index (Phi) is 5.46. The molecule has 1 heterocycles. The van der Waals surface area contributed by atoms with Crippen LogP contribution < -0.4 is 10.6 Å². The summed E-state index contributed by atoms with van der Waals surface area (Å²) < 4.78 is 0. The first-order chi connectivity index (χ1) is 11.0. The van der Waals surface area contributed by atoms with Crippen molar-refractivity contribution in [3.05, 3.63) is 65.0 Å². The SMILES string of the molecule is Cc1cccc(CNC(=O)c2cccc(C(=O)NC(C)C)n2)c1. The van der Waals surface area contributed by atoms with E-state index in [1.54, 1.807) is 18.2 Å². The van der Waals surface area contributed by atoms with E-state index in [1.807, 2.05) is 45.0 Å². The van der Waals surface area contributed by atoms with Crippen molar-refractivity contribution in [1.82, 2.24) is 15.6 Å². The van der Waals surface area contributed by atoms with Gasteiger partial charge in [-0.05, 0) is 38.5 Å². The molecular formula is C18H21N3O2. The second-order valence-electron chi connectivity index (χ2n) is 5.71. The zero-order valence-electron chi connectivity index (χ0n) is 13.6. The van der Waals surface area contributed by atoms with E-state index < -0.39 is 0 Å². The molecular weight excluding hydrogens is 290 g/mol. The number of aryl methyl sites for hydroxylation is 1. The van der Waals surface area contributed by atoms with E-state index in [9.17, 15) is 9.59 Å². The maximum Gasteiger partial charge on any atom is 0.270 e. The summed E-state index contributed by atoms with van der Waals surface area (Å²) in [6, 6.07) is 12.8. The van der Waals surface area contributed by atoms with E-state index in [0.717, 1.165) is 11.1 Å². The van der Waals surface area contributed by atoms with Gasteiger partial charge < -0.3 is 10.6 Å². The molecule has 2 rings (SSSR count). The Morgan fingerprint density at radius 3 is 2.35 bits per heavy atom. The first-order valence-electron chi connectivity index (χ1n) is 7.57. The molecule has 120 valence electrons. The third kappa shape index (κ3) is 4.92. The molecule has 0 aliphatic heterocycles. The Morgan fingerprint density at radius 1 is 1.04 bits per heavy atom. The Labute approximate surface area is 136 Å². The molecule has 0 saturated carbocycles. The predicted molar refractivity (Wildman–Crippen MR) is 89.2 cm³/mol. The molecule has 0 radical (unpaired) electrons. The Bertz CT molecular complexity index is 711. The molecule has 5 nitrogen and oxygen atoms in total. The third-order valence-electron chi connectivity index (χ3n) is 3.17. The molecule has 0 fully saturated rings. The van der Waals surface area contributed by atoms with Crippen LogP contribution in [0, 0.1) is 6.92 Å². The van der Waals surface area contributed by atoms with Crippen molar-refractivity contribution in [3.63, 3.8) is 0 Å². The van der Waals surface area contributed by atoms with Gasteiger partial charge in [0, 0.05) is 12.6 Å². The van der Waals surface area contributed by atoms with E-state index in [2.05, 4.69) is 15.6 Å². The van der Waals surface area contributed by atoms with Gasteiger partial charge in [0.05, 0.1) is 0 Å². The number of rotatable bonds is 5. The number of carbonyl (C=O) groups excluding carboxylic acids is 2. The Morgan fingerprint density at radius 2 is 1.70 bits per heavy atom. The number of benzene rings is 1. The van der Waals surface area contributed by atoms with Crippen LogP contribution in [0.5, 0.6) is 0 Å². The van der Waals surface area contributed by atoms with Crippen LogP contribution in [0.4, 0.5) is 0 Å². The van der Waals surface area contributed by atoms with Gasteiger partial charge in [-0.1, -0.05) is 35.9 Å². The average Bonchev–Trinajstić information content (AvgIpc) is 2.52. The first kappa shape index (κ1) is 16.7. The quantitative estimate of drug-likeness (QED) is 0.891. The molecule has 1 aromatic carbocycles. The molecule has 2 amide bonds. The van der Waals surface area contributed by atoms with Gasteiger partial charge in [-0.3, -0.25) is 9.59 Å². The molecule has 5 heteroatoms. The van der Waals surface area contributed by atoms with Crippen LogP contribution in [0.2, 0.25) is 0 Å². The molecule has 0 aliphatic carbocycles. The van der Waals surface area contributed by atoms with Crippen molar-refractivity contribution in [2.45, 2.75) is 33.4 Å². The van der Waals surface area contributed by atoms with Gasteiger partial charge in [0.15, 0.2) is 0 Å². The average molecular weight is 311 g/mol. The largest absolute Gasteiger partial charge is 0.349 e. The molecule has 0 aliphatic rings. The van der Waals surface area contributed by atoms with Crippen molar-refractivity contribution in [2.24, 2.45) is 0 Å². The lowest BCUT2D eigenvalue weighted by Gasteiger charge is -2.09. The highest BCUT2D eigenvalue weighted by atomic mass is 16.2. The van der Waals surface area contributed by atoms with Gasteiger partial charge >= 0.3 is 0 Å². The number of hydrogen-bond donors (Lipinski definition) is 2. The van der Waals surface area contributed by atoms with Crippen LogP contribution in [-0.2, 0) is 6.54 Å². The van der Waals surface area contributed by atoms with Crippen molar-refractivity contribution in [1.29, 1.82) is 0 Å². The summed E-state index contributed by atoms with van der Waals surface area (Å²) in [6.45, 7) is 6.17. The topological polar surface area (TPSA) is 71.1 Å². The van der Waals surface area contributed by atoms with Crippen molar-refractivity contribution in [2.75, 3.05) is 0 Å². The molecule has 0 bridgehead atoms. The van der Waals surface area contributed by atoms with Crippen LogP contribution in [0.15, 0.2) is 42.5 Å². The number of hydrogen-bond acceptors (Lipinski definition) is 3. The molecule has 0 atom stereocenters. The monoisotopic (exact) mass is 311 g/mol. The number of pyridine rings is 1. The second-order valence-corrected chi connectivity index (χ2v) is 5.71. The molecule has 0 saturated heterocycles. The highest BCUT2D eigenvalue weighted by Gasteiger charge is 2.12. The summed E-state index contributed by atoms with van der Waals surface area (Å²) in [6.07, 6.45) is 0. The lowest BCUT2D eigenvalue weighted by molar-refractivity contribution is 0.0936. The van der Waals surface area contributed by atoms with E-state index in [1.165, 1.54) is 0 Å². The number of carbonyl (C=O) groups is 2. The van der Waals surface area contributed by atoms with Crippen molar-refractivity contribution in [3.8, 4) is 0 Å². The van der Waals surface area contributed by atoms with Gasteiger partial charge in [-0.15, -0.1) is 0 Å². The Hall–Kier alpha value is -2.69. The van der Waals surface area contributed by atoms with E-state index in [-0.39, 0.29) is 29.2 Å². The first-order valence-corrected chi connectivity index (χ1v) is 7.57. The summed E-state index contributed by atoms with van der Waals surface area (Å²) >= 11 is 0. The van der Waals surface area contributed by atoms with Crippen LogP contribution in [-0.4, -0.2) is 22.8 Å². The zero-order valence-corrected chi connectivity index (χ0v) is 13.6. The van der Waals surface area contributed by atoms with E-state index in [0.29, 0.717) is 6.54 Å². The normalized spacial score (nSPS) is 10.4. The van der Waals surface area contributed by atoms with E-state index >= 15 is 0 Å². The lowest BCUT2D eigenvalue weighted by atomic mass is 10.1. The fourth-order valence-corrected chi connectivity index (χ4v) is 2.12. The van der Waals surface area contributed by atoms with Crippen molar-refractivity contribution >= 4 is 11.8 Å². The van der Waals surface area contributed by atoms with Crippen LogP contribution >= 0.6 is 0 Å². The summed E-state index contributed by atoms with van der Waals surface area (Å²) in [5.74, 6) is -0.584. The molecule has 0 spiro atoms. The molecule has 2 N–H and O–H groups in total. The Balaban J connectivity index is 2.03. The van der Waals surface area contributed by atoms with Crippen LogP contribution in [0.3, 0.4) is 0 Å². The molecule has 1 aromatic heterocycles. The lowest BCUT2D eigenvalue weighted by Crippen LogP contribution is -2.31. The van der Waals surface area contributed by atoms with E-state index in [4.69, 9.17) is 0 Å². The van der Waals surface area contributed by atoms with Gasteiger partial charge in [-0.25, -0.2) is 4.98 Å². The molecule has 2 aromatic rings. The summed E-state index contributed by atoms with van der Waals surface area (Å²) in [5, 5.41) is 5.57. The van der Waals surface area contributed by atoms with Crippen LogP contribution in [0.1, 0.15) is 46.0 Å². The highest BCUT2D eigenvalue weighted by molar-refractivity contribution is 5.96. The summed E-state index contributed by atoms with van der Waals surface area (Å²) in [4.78, 5) is 28.3. The fourth-order valence-electron chi connectivity index (χ4n) is 2.12. The predicted octanol–water partition coefficient (Wildman–Crippen LogP) is 2.46. The minimum absolute atomic E-state index is 0.0168. The van der Waals surface area contributed by atoms with Gasteiger partial charge in [0.2, 0.25) is 0 Å². The minimum atomic E-state index is -0.300.